The number of phosphoric acid groups is 3. The van der Waals surface area contributed by atoms with Crippen molar-refractivity contribution < 1.29 is 70.6 Å². The highest BCUT2D eigenvalue weighted by atomic mass is 32.2. The van der Waals surface area contributed by atoms with Gasteiger partial charge in [0.05, 0.1) is 24.2 Å². The lowest BCUT2D eigenvalue weighted by molar-refractivity contribution is -0.122. The first-order valence-electron chi connectivity index (χ1n) is 17.0. The van der Waals surface area contributed by atoms with Crippen LogP contribution in [0.15, 0.2) is 11.0 Å². The summed E-state index contributed by atoms with van der Waals surface area (Å²) in [6.45, 7) is 0.460. The van der Waals surface area contributed by atoms with Crippen molar-refractivity contribution in [1.29, 1.82) is 0 Å². The summed E-state index contributed by atoms with van der Waals surface area (Å²) in [5.41, 5.74) is 3.05. The van der Waals surface area contributed by atoms with Crippen molar-refractivity contribution in [3.63, 3.8) is 0 Å². The molecule has 4 aliphatic rings. The van der Waals surface area contributed by atoms with Crippen LogP contribution in [0.5, 0.6) is 0 Å². The van der Waals surface area contributed by atoms with E-state index in [1.54, 1.807) is 0 Å². The van der Waals surface area contributed by atoms with E-state index < -0.39 is 59.6 Å². The van der Waals surface area contributed by atoms with E-state index in [0.29, 0.717) is 31.1 Å². The summed E-state index contributed by atoms with van der Waals surface area (Å²) >= 11 is 1.85. The lowest BCUT2D eigenvalue weighted by atomic mass is 10.0. The third kappa shape index (κ3) is 12.1. The summed E-state index contributed by atoms with van der Waals surface area (Å²) in [5.74, 6) is 5.82. The molecule has 1 aliphatic carbocycles. The number of aliphatic hydroxyl groups is 1. The number of rotatable bonds is 19. The summed E-state index contributed by atoms with van der Waals surface area (Å²) in [5, 5.41) is 22.6. The van der Waals surface area contributed by atoms with E-state index in [4.69, 9.17) is 20.3 Å². The van der Waals surface area contributed by atoms with Gasteiger partial charge in [0.1, 0.15) is 29.9 Å². The average molecular weight is 858 g/mol. The minimum absolute atomic E-state index is 0.0126. The van der Waals surface area contributed by atoms with Crippen LogP contribution < -0.4 is 32.7 Å². The second-order valence-electron chi connectivity index (χ2n) is 13.2. The minimum atomic E-state index is -5.78. The molecule has 3 aliphatic heterocycles. The van der Waals surface area contributed by atoms with Gasteiger partial charge in [-0.05, 0) is 25.7 Å². The van der Waals surface area contributed by atoms with Gasteiger partial charge in [-0.3, -0.25) is 18.7 Å². The highest BCUT2D eigenvalue weighted by molar-refractivity contribution is 8.00. The first kappa shape index (κ1) is 43.3. The fraction of sp³-hybridized carbons (Fsp3) is 0.679. The number of carbonyl (C=O) groups excluding carboxylic acids is 3. The van der Waals surface area contributed by atoms with E-state index in [-0.39, 0.29) is 54.3 Å². The molecule has 306 valence electrons. The third-order valence-corrected chi connectivity index (χ3v) is 14.3. The first-order valence-corrected chi connectivity index (χ1v) is 22.6. The van der Waals surface area contributed by atoms with Crippen molar-refractivity contribution in [3.05, 3.63) is 22.2 Å². The average Bonchev–Trinajstić information content (AvgIpc) is 3.45. The van der Waals surface area contributed by atoms with Crippen molar-refractivity contribution in [2.45, 2.75) is 99.2 Å². The Morgan fingerprint density at radius 3 is 2.44 bits per heavy atom. The number of fused-ring (bicyclic) bond motifs is 2. The highest BCUT2D eigenvalue weighted by Crippen LogP contribution is 2.69. The Hall–Kier alpha value is -2.87. The van der Waals surface area contributed by atoms with Gasteiger partial charge < -0.3 is 56.4 Å². The second kappa shape index (κ2) is 17.7. The number of aromatic nitrogens is 2. The van der Waals surface area contributed by atoms with E-state index in [1.165, 1.54) is 6.20 Å². The zero-order chi connectivity index (χ0) is 40.2. The Bertz CT molecular complexity index is 1910. The second-order valence-corrected chi connectivity index (χ2v) is 18.8. The van der Waals surface area contributed by atoms with Crippen LogP contribution >= 0.6 is 35.2 Å². The van der Waals surface area contributed by atoms with Crippen molar-refractivity contribution in [2.24, 2.45) is 0 Å². The van der Waals surface area contributed by atoms with Gasteiger partial charge in [-0.1, -0.05) is 24.7 Å². The molecule has 9 atom stereocenters. The van der Waals surface area contributed by atoms with Crippen LogP contribution in [0.25, 0.3) is 0 Å². The zero-order valence-electron chi connectivity index (χ0n) is 29.0. The maximum Gasteiger partial charge on any atom is 0.490 e. The molecule has 3 unspecified atom stereocenters. The molecular formula is C28H42N7O16P3S. The van der Waals surface area contributed by atoms with E-state index in [1.807, 2.05) is 11.8 Å². The smallest absolute Gasteiger partial charge is 0.384 e. The largest absolute Gasteiger partial charge is 0.490 e. The summed E-state index contributed by atoms with van der Waals surface area (Å²) in [6, 6.07) is 0.243. The quantitative estimate of drug-likeness (QED) is 0.0361. The van der Waals surface area contributed by atoms with Gasteiger partial charge in [-0.25, -0.2) is 23.3 Å². The number of urea groups is 1. The van der Waals surface area contributed by atoms with Crippen LogP contribution in [0.2, 0.25) is 0 Å². The van der Waals surface area contributed by atoms with Crippen LogP contribution in [0.4, 0.5) is 10.6 Å². The fourth-order valence-electron chi connectivity index (χ4n) is 6.36. The molecule has 23 nitrogen and oxygen atoms in total. The maximum absolute atomic E-state index is 12.5. The van der Waals surface area contributed by atoms with E-state index >= 15 is 0 Å². The molecule has 1 aromatic heterocycles. The molecule has 0 spiro atoms. The number of anilines is 1. The van der Waals surface area contributed by atoms with Gasteiger partial charge in [0.15, 0.2) is 0 Å². The molecule has 4 heterocycles. The van der Waals surface area contributed by atoms with Gasteiger partial charge in [0.25, 0.3) is 0 Å². The molecule has 3 saturated heterocycles. The molecule has 5 rings (SSSR count). The summed E-state index contributed by atoms with van der Waals surface area (Å²) in [6.07, 6.45) is 2.03. The summed E-state index contributed by atoms with van der Waals surface area (Å²) in [7, 11) is -16.9. The van der Waals surface area contributed by atoms with E-state index in [9.17, 15) is 47.8 Å². The van der Waals surface area contributed by atoms with Gasteiger partial charge >= 0.3 is 35.2 Å². The molecule has 0 bridgehead atoms. The van der Waals surface area contributed by atoms with Gasteiger partial charge in [-0.15, -0.1) is 0 Å². The Morgan fingerprint density at radius 2 is 1.75 bits per heavy atom. The van der Waals surface area contributed by atoms with Crippen LogP contribution in [0, 0.1) is 11.8 Å². The van der Waals surface area contributed by atoms with Crippen LogP contribution in [0.1, 0.15) is 69.6 Å². The number of carbonyl (C=O) groups is 3. The molecule has 4 fully saturated rings. The molecule has 11 N–H and O–H groups in total. The standard InChI is InChI=1S/C28H42N7O16P3S/c29-25-16(14-35(27(39)34-25)21-13-28(40)23(48-21)24(28)49-53(44,45)51-54(46,47)50-52(41,42)43)7-6-12-31-19(36)9-2-1-5-11-30-20(37)10-4-3-8-18-22-17(15-55-18)32-26(38)33-22/h14,17-18,21-24,40H,1-5,8-13,15H2,(H,30,37)(H,31,36)(H,44,45)(H,46,47)(H2,29,34,39)(H2,32,33,38)(H2,41,42,43)/t17-,18-,21+,22-,23+,24?,28-/m0/s1. The molecule has 0 aromatic carbocycles. The number of unbranched alkanes of at least 4 members (excludes halogenated alkanes) is 3. The number of thioether (sulfide) groups is 1. The Morgan fingerprint density at radius 1 is 1.04 bits per heavy atom. The van der Waals surface area contributed by atoms with Crippen LogP contribution in [-0.4, -0.2) is 106 Å². The number of nitrogens with one attached hydrogen (secondary N) is 4. The Balaban J connectivity index is 0.955. The van der Waals surface area contributed by atoms with Crippen molar-refractivity contribution in [3.8, 4) is 11.8 Å². The topological polar surface area (TPSA) is 350 Å². The normalized spacial score (nSPS) is 28.7. The Kier molecular flexibility index (Phi) is 13.9. The van der Waals surface area contributed by atoms with Gasteiger partial charge in [0, 0.05) is 43.0 Å². The number of hydrogen-bond donors (Lipinski definition) is 10. The molecule has 4 amide bonds. The fourth-order valence-corrected chi connectivity index (χ4v) is 11.1. The highest BCUT2D eigenvalue weighted by Gasteiger charge is 2.74. The summed E-state index contributed by atoms with van der Waals surface area (Å²) in [4.78, 5) is 88.4. The number of phosphoric ester groups is 1. The molecular weight excluding hydrogens is 815 g/mol. The number of nitrogens with two attached hydrogens (primary N) is 1. The number of hydrogen-bond acceptors (Lipinski definition) is 15. The number of amides is 4. The number of nitrogens with zero attached hydrogens (tertiary/aromatic N) is 2. The van der Waals surface area contributed by atoms with Crippen molar-refractivity contribution in [1.82, 2.24) is 30.8 Å². The first-order chi connectivity index (χ1) is 25.8. The van der Waals surface area contributed by atoms with Gasteiger partial charge in [-0.2, -0.15) is 25.4 Å². The minimum Gasteiger partial charge on any atom is -0.384 e. The third-order valence-electron chi connectivity index (χ3n) is 8.99. The summed E-state index contributed by atoms with van der Waals surface area (Å²) < 4.78 is 52.9. The molecule has 55 heavy (non-hydrogen) atoms. The molecule has 1 saturated carbocycles. The predicted octanol–water partition coefficient (Wildman–Crippen LogP) is -0.560. The lowest BCUT2D eigenvalue weighted by Crippen LogP contribution is -2.36. The van der Waals surface area contributed by atoms with Gasteiger partial charge in [0.2, 0.25) is 11.8 Å². The SMILES string of the molecule is Nc1nc(=O)n([C@H]2C[C@@]3(O)C(OP(=O)(O)OP(=O)(O)OP(=O)(O)O)[C@H]3O2)cc1C#CCNC(=O)CCCCCNC(=O)CCCC[C@@H]1SC[C@@H]2NC(=O)N[C@@H]21. The van der Waals surface area contributed by atoms with E-state index in [2.05, 4.69) is 51.2 Å². The van der Waals surface area contributed by atoms with Crippen LogP contribution in [-0.2, 0) is 41.2 Å². The Labute approximate surface area is 317 Å². The van der Waals surface area contributed by atoms with E-state index in [0.717, 1.165) is 36.0 Å². The predicted molar refractivity (Wildman–Crippen MR) is 190 cm³/mol. The maximum atomic E-state index is 12.5. The monoisotopic (exact) mass is 857 g/mol. The molecule has 27 heteroatoms. The lowest BCUT2D eigenvalue weighted by Gasteiger charge is -2.20. The van der Waals surface area contributed by atoms with Crippen molar-refractivity contribution >= 4 is 58.9 Å². The molecule has 1 aromatic rings. The number of ether oxygens (including phenoxy) is 1. The molecule has 0 radical (unpaired) electrons. The number of nitrogen functional groups attached to an aromatic ring is 1. The van der Waals surface area contributed by atoms with Crippen molar-refractivity contribution in [2.75, 3.05) is 24.6 Å². The van der Waals surface area contributed by atoms with Crippen LogP contribution in [0.3, 0.4) is 0 Å². The zero-order valence-corrected chi connectivity index (χ0v) is 32.5.